The SMILES string of the molecule is N[C@H](C(=O)O)[C@@H](c1ccc(F)cc1)c1ccc2c(c1)CC=CC2. The fourth-order valence-corrected chi connectivity index (χ4v) is 3.07. The first-order valence-corrected chi connectivity index (χ1v) is 7.57. The molecule has 0 radical (unpaired) electrons. The molecule has 118 valence electrons. The second-order valence-corrected chi connectivity index (χ2v) is 5.80. The van der Waals surface area contributed by atoms with Crippen molar-refractivity contribution in [2.75, 3.05) is 0 Å². The molecule has 2 atom stereocenters. The van der Waals surface area contributed by atoms with E-state index in [9.17, 15) is 14.3 Å². The molecule has 0 unspecified atom stereocenters. The van der Waals surface area contributed by atoms with Crippen molar-refractivity contribution < 1.29 is 14.3 Å². The Morgan fingerprint density at radius 3 is 2.26 bits per heavy atom. The summed E-state index contributed by atoms with van der Waals surface area (Å²) in [6.07, 6.45) is 5.96. The van der Waals surface area contributed by atoms with Gasteiger partial charge in [-0.1, -0.05) is 42.5 Å². The second kappa shape index (κ2) is 6.34. The molecule has 0 saturated heterocycles. The minimum atomic E-state index is -1.09. The van der Waals surface area contributed by atoms with Crippen molar-refractivity contribution in [3.63, 3.8) is 0 Å². The quantitative estimate of drug-likeness (QED) is 0.853. The van der Waals surface area contributed by atoms with Gasteiger partial charge < -0.3 is 10.8 Å². The maximum atomic E-state index is 13.2. The van der Waals surface area contributed by atoms with Crippen molar-refractivity contribution in [3.05, 3.63) is 82.7 Å². The van der Waals surface area contributed by atoms with E-state index in [1.165, 1.54) is 23.3 Å². The minimum Gasteiger partial charge on any atom is -0.480 e. The molecule has 0 aliphatic heterocycles. The third-order valence-electron chi connectivity index (χ3n) is 4.31. The molecule has 0 fully saturated rings. The maximum Gasteiger partial charge on any atom is 0.321 e. The monoisotopic (exact) mass is 311 g/mol. The first-order valence-electron chi connectivity index (χ1n) is 7.57. The summed E-state index contributed by atoms with van der Waals surface area (Å²) in [7, 11) is 0. The molecule has 0 saturated carbocycles. The molecule has 0 aromatic heterocycles. The molecular formula is C19H18FNO2. The molecule has 0 spiro atoms. The Bertz CT molecular complexity index is 752. The molecular weight excluding hydrogens is 293 g/mol. The van der Waals surface area contributed by atoms with Crippen molar-refractivity contribution in [3.8, 4) is 0 Å². The number of nitrogens with two attached hydrogens (primary N) is 1. The van der Waals surface area contributed by atoms with Crippen molar-refractivity contribution in [2.24, 2.45) is 5.73 Å². The van der Waals surface area contributed by atoms with Gasteiger partial charge in [0, 0.05) is 5.92 Å². The number of carboxylic acids is 1. The fourth-order valence-electron chi connectivity index (χ4n) is 3.07. The first-order chi connectivity index (χ1) is 11.1. The lowest BCUT2D eigenvalue weighted by atomic mass is 9.83. The third kappa shape index (κ3) is 3.17. The third-order valence-corrected chi connectivity index (χ3v) is 4.31. The molecule has 1 aliphatic rings. The van der Waals surface area contributed by atoms with Gasteiger partial charge in [0.05, 0.1) is 0 Å². The number of carbonyl (C=O) groups is 1. The molecule has 4 heteroatoms. The highest BCUT2D eigenvalue weighted by Gasteiger charge is 2.28. The normalized spacial score (nSPS) is 15.7. The number of aliphatic carboxylic acids is 1. The van der Waals surface area contributed by atoms with Crippen LogP contribution >= 0.6 is 0 Å². The molecule has 3 rings (SSSR count). The lowest BCUT2D eigenvalue weighted by Crippen LogP contribution is -2.37. The van der Waals surface area contributed by atoms with E-state index in [2.05, 4.69) is 12.2 Å². The molecule has 3 nitrogen and oxygen atoms in total. The zero-order valence-corrected chi connectivity index (χ0v) is 12.6. The van der Waals surface area contributed by atoms with E-state index in [0.717, 1.165) is 18.4 Å². The Hall–Kier alpha value is -2.46. The van der Waals surface area contributed by atoms with E-state index in [1.54, 1.807) is 12.1 Å². The van der Waals surface area contributed by atoms with Gasteiger partial charge in [0.15, 0.2) is 0 Å². The van der Waals surface area contributed by atoms with Crippen molar-refractivity contribution in [1.29, 1.82) is 0 Å². The number of carboxylic acid groups (broad SMARTS) is 1. The van der Waals surface area contributed by atoms with Gasteiger partial charge in [0.2, 0.25) is 0 Å². The summed E-state index contributed by atoms with van der Waals surface area (Å²) in [6, 6.07) is 10.8. The molecule has 3 N–H and O–H groups in total. The highest BCUT2D eigenvalue weighted by Crippen LogP contribution is 2.30. The van der Waals surface area contributed by atoms with Crippen molar-refractivity contribution >= 4 is 5.97 Å². The summed E-state index contributed by atoms with van der Waals surface area (Å²) < 4.78 is 13.2. The fraction of sp³-hybridized carbons (Fsp3) is 0.211. The van der Waals surface area contributed by atoms with Crippen LogP contribution in [0.2, 0.25) is 0 Å². The number of benzene rings is 2. The van der Waals surface area contributed by atoms with Gasteiger partial charge in [-0.05, 0) is 47.2 Å². The van der Waals surface area contributed by atoms with Crippen molar-refractivity contribution in [2.45, 2.75) is 24.8 Å². The highest BCUT2D eigenvalue weighted by molar-refractivity contribution is 5.75. The van der Waals surface area contributed by atoms with E-state index < -0.39 is 17.9 Å². The summed E-state index contributed by atoms with van der Waals surface area (Å²) in [5.74, 6) is -1.94. The van der Waals surface area contributed by atoms with Gasteiger partial charge in [-0.15, -0.1) is 0 Å². The van der Waals surface area contributed by atoms with Gasteiger partial charge in [0.25, 0.3) is 0 Å². The van der Waals surface area contributed by atoms with E-state index in [1.807, 2.05) is 18.2 Å². The molecule has 0 bridgehead atoms. The van der Waals surface area contributed by atoms with Crippen LogP contribution in [-0.2, 0) is 17.6 Å². The van der Waals surface area contributed by atoms with Crippen LogP contribution in [0.25, 0.3) is 0 Å². The Balaban J connectivity index is 2.05. The largest absolute Gasteiger partial charge is 0.480 e. The molecule has 0 amide bonds. The van der Waals surface area contributed by atoms with E-state index in [4.69, 9.17) is 5.73 Å². The van der Waals surface area contributed by atoms with Crippen molar-refractivity contribution in [1.82, 2.24) is 0 Å². The average Bonchev–Trinajstić information content (AvgIpc) is 2.56. The number of hydrogen-bond acceptors (Lipinski definition) is 2. The van der Waals surface area contributed by atoms with Gasteiger partial charge >= 0.3 is 5.97 Å². The van der Waals surface area contributed by atoms with Crippen LogP contribution in [0.4, 0.5) is 4.39 Å². The van der Waals surface area contributed by atoms with Crippen LogP contribution in [0.1, 0.15) is 28.2 Å². The number of hydrogen-bond donors (Lipinski definition) is 2. The molecule has 2 aromatic rings. The summed E-state index contributed by atoms with van der Waals surface area (Å²) in [6.45, 7) is 0. The predicted molar refractivity (Wildman–Crippen MR) is 86.8 cm³/mol. The van der Waals surface area contributed by atoms with Crippen LogP contribution in [0.15, 0.2) is 54.6 Å². The number of rotatable bonds is 4. The van der Waals surface area contributed by atoms with Crippen LogP contribution in [0, 0.1) is 5.82 Å². The number of fused-ring (bicyclic) bond motifs is 1. The molecule has 2 aromatic carbocycles. The van der Waals surface area contributed by atoms with Gasteiger partial charge in [0.1, 0.15) is 11.9 Å². The number of allylic oxidation sites excluding steroid dienone is 2. The van der Waals surface area contributed by atoms with Crippen LogP contribution < -0.4 is 5.73 Å². The summed E-state index contributed by atoms with van der Waals surface area (Å²) in [5, 5.41) is 9.36. The highest BCUT2D eigenvalue weighted by atomic mass is 19.1. The second-order valence-electron chi connectivity index (χ2n) is 5.80. The van der Waals surface area contributed by atoms with Gasteiger partial charge in [-0.2, -0.15) is 0 Å². The van der Waals surface area contributed by atoms with Crippen LogP contribution in [-0.4, -0.2) is 17.1 Å². The lowest BCUT2D eigenvalue weighted by Gasteiger charge is -2.24. The Labute approximate surface area is 134 Å². The minimum absolute atomic E-state index is 0.355. The zero-order valence-electron chi connectivity index (χ0n) is 12.6. The average molecular weight is 311 g/mol. The Morgan fingerprint density at radius 1 is 1.00 bits per heavy atom. The molecule has 0 heterocycles. The van der Waals surface area contributed by atoms with E-state index in [-0.39, 0.29) is 5.82 Å². The van der Waals surface area contributed by atoms with Gasteiger partial charge in [-0.25, -0.2) is 4.39 Å². The lowest BCUT2D eigenvalue weighted by molar-refractivity contribution is -0.138. The predicted octanol–water partition coefficient (Wildman–Crippen LogP) is 3.02. The van der Waals surface area contributed by atoms with Crippen LogP contribution in [0.5, 0.6) is 0 Å². The van der Waals surface area contributed by atoms with E-state index >= 15 is 0 Å². The zero-order chi connectivity index (χ0) is 16.4. The first kappa shape index (κ1) is 15.4. The summed E-state index contributed by atoms with van der Waals surface area (Å²) >= 11 is 0. The maximum absolute atomic E-state index is 13.2. The molecule has 23 heavy (non-hydrogen) atoms. The molecule has 1 aliphatic carbocycles. The summed E-state index contributed by atoms with van der Waals surface area (Å²) in [5.41, 5.74) is 9.92. The standard InChI is InChI=1S/C19H18FNO2/c20-16-9-7-13(8-10-16)17(18(21)19(22)23)15-6-5-12-3-1-2-4-14(12)11-15/h1-2,5-11,17-18H,3-4,21H2,(H,22,23)/t17-,18-/m0/s1. The van der Waals surface area contributed by atoms with Crippen LogP contribution in [0.3, 0.4) is 0 Å². The Morgan fingerprint density at radius 2 is 1.61 bits per heavy atom. The summed E-state index contributed by atoms with van der Waals surface area (Å²) in [4.78, 5) is 11.4. The number of halogens is 1. The topological polar surface area (TPSA) is 63.3 Å². The Kier molecular flexibility index (Phi) is 4.26. The smallest absolute Gasteiger partial charge is 0.321 e. The van der Waals surface area contributed by atoms with E-state index in [0.29, 0.717) is 5.56 Å². The van der Waals surface area contributed by atoms with Gasteiger partial charge in [-0.3, -0.25) is 4.79 Å².